The molecule has 1 aliphatic rings. The quantitative estimate of drug-likeness (QED) is 0.379. The number of carbonyl (C=O) groups excluding carboxylic acids is 1. The van der Waals surface area contributed by atoms with Crippen LogP contribution in [0.25, 0.3) is 0 Å². The molecule has 29 heavy (non-hydrogen) atoms. The van der Waals surface area contributed by atoms with Gasteiger partial charge in [0.15, 0.2) is 5.96 Å². The van der Waals surface area contributed by atoms with E-state index in [2.05, 4.69) is 45.6 Å². The number of ether oxygens (including phenoxy) is 1. The van der Waals surface area contributed by atoms with Crippen molar-refractivity contribution in [1.82, 2.24) is 15.5 Å². The Morgan fingerprint density at radius 2 is 2.03 bits per heavy atom. The van der Waals surface area contributed by atoms with E-state index >= 15 is 0 Å². The highest BCUT2D eigenvalue weighted by atomic mass is 127. The number of aliphatic imine (C=N–C) groups is 1. The van der Waals surface area contributed by atoms with E-state index in [-0.39, 0.29) is 36.0 Å². The van der Waals surface area contributed by atoms with Crippen LogP contribution in [-0.4, -0.2) is 50.6 Å². The molecule has 156 valence electrons. The van der Waals surface area contributed by atoms with Gasteiger partial charge in [-0.1, -0.05) is 36.4 Å². The van der Waals surface area contributed by atoms with Gasteiger partial charge in [0.2, 0.25) is 0 Å². The molecule has 2 N–H and O–H groups in total. The van der Waals surface area contributed by atoms with Gasteiger partial charge in [0.1, 0.15) is 6.10 Å². The second-order valence-corrected chi connectivity index (χ2v) is 6.84. The van der Waals surface area contributed by atoms with E-state index in [0.29, 0.717) is 18.7 Å². The highest BCUT2D eigenvalue weighted by Gasteiger charge is 2.25. The van der Waals surface area contributed by atoms with Gasteiger partial charge in [-0.3, -0.25) is 9.79 Å². The van der Waals surface area contributed by atoms with Crippen LogP contribution in [-0.2, 0) is 11.3 Å². The average molecular weight is 508 g/mol. The molecule has 2 aromatic rings. The molecule has 0 radical (unpaired) electrons. The van der Waals surface area contributed by atoms with Gasteiger partial charge in [-0.15, -0.1) is 24.0 Å². The van der Waals surface area contributed by atoms with Gasteiger partial charge in [0.25, 0.3) is 5.91 Å². The Balaban J connectivity index is 0.00000300. The molecule has 2 aromatic carbocycles. The maximum atomic E-state index is 11.8. The van der Waals surface area contributed by atoms with Crippen LogP contribution in [0.2, 0.25) is 0 Å². The number of rotatable bonds is 4. The number of nitrogens with zero attached hydrogens (tertiary/aromatic N) is 2. The summed E-state index contributed by atoms with van der Waals surface area (Å²) in [7, 11) is 3.43. The Labute approximate surface area is 189 Å². The molecule has 7 heteroatoms. The second kappa shape index (κ2) is 11.2. The number of aryl methyl sites for hydroxylation is 1. The van der Waals surface area contributed by atoms with Crippen molar-refractivity contribution in [2.45, 2.75) is 19.6 Å². The highest BCUT2D eigenvalue weighted by molar-refractivity contribution is 14.0. The first-order valence-corrected chi connectivity index (χ1v) is 9.56. The van der Waals surface area contributed by atoms with E-state index in [0.717, 1.165) is 24.6 Å². The highest BCUT2D eigenvalue weighted by Crippen LogP contribution is 2.25. The molecular formula is C22H29IN4O2. The first kappa shape index (κ1) is 23.2. The van der Waals surface area contributed by atoms with E-state index in [1.165, 1.54) is 11.1 Å². The number of morpholine rings is 1. The van der Waals surface area contributed by atoms with Gasteiger partial charge in [-0.25, -0.2) is 0 Å². The number of guanidine groups is 1. The van der Waals surface area contributed by atoms with Crippen molar-refractivity contribution in [3.63, 3.8) is 0 Å². The number of hydrogen-bond acceptors (Lipinski definition) is 3. The molecule has 1 heterocycles. The molecule has 1 amide bonds. The fourth-order valence-corrected chi connectivity index (χ4v) is 3.46. The van der Waals surface area contributed by atoms with Crippen LogP contribution in [0.15, 0.2) is 53.5 Å². The van der Waals surface area contributed by atoms with Crippen LogP contribution in [0.4, 0.5) is 0 Å². The third kappa shape index (κ3) is 5.93. The smallest absolute Gasteiger partial charge is 0.251 e. The number of benzene rings is 2. The fraction of sp³-hybridized carbons (Fsp3) is 0.364. The van der Waals surface area contributed by atoms with Gasteiger partial charge < -0.3 is 20.3 Å². The van der Waals surface area contributed by atoms with Gasteiger partial charge >= 0.3 is 0 Å². The zero-order valence-electron chi connectivity index (χ0n) is 17.1. The summed E-state index contributed by atoms with van der Waals surface area (Å²) in [5, 5.41) is 6.07. The fourth-order valence-electron chi connectivity index (χ4n) is 3.46. The summed E-state index contributed by atoms with van der Waals surface area (Å²) in [5.74, 6) is 0.757. The van der Waals surface area contributed by atoms with Crippen molar-refractivity contribution in [3.05, 3.63) is 70.8 Å². The van der Waals surface area contributed by atoms with Crippen molar-refractivity contribution in [2.75, 3.05) is 33.8 Å². The van der Waals surface area contributed by atoms with Crippen LogP contribution < -0.4 is 10.6 Å². The summed E-state index contributed by atoms with van der Waals surface area (Å²) in [6.07, 6.45) is 0.0325. The number of halogens is 1. The van der Waals surface area contributed by atoms with Crippen LogP contribution >= 0.6 is 24.0 Å². The molecule has 1 saturated heterocycles. The molecule has 3 rings (SSSR count). The molecule has 0 aliphatic carbocycles. The van der Waals surface area contributed by atoms with Crippen LogP contribution in [0.3, 0.4) is 0 Å². The summed E-state index contributed by atoms with van der Waals surface area (Å²) >= 11 is 0. The topological polar surface area (TPSA) is 66.0 Å². The van der Waals surface area contributed by atoms with E-state index in [9.17, 15) is 4.79 Å². The third-order valence-corrected chi connectivity index (χ3v) is 4.98. The Hall–Kier alpha value is -2.13. The predicted molar refractivity (Wildman–Crippen MR) is 127 cm³/mol. The lowest BCUT2D eigenvalue weighted by atomic mass is 10.0. The molecule has 1 atom stereocenters. The third-order valence-electron chi connectivity index (χ3n) is 4.98. The van der Waals surface area contributed by atoms with Crippen molar-refractivity contribution < 1.29 is 9.53 Å². The summed E-state index contributed by atoms with van der Waals surface area (Å²) < 4.78 is 6.02. The van der Waals surface area contributed by atoms with Crippen molar-refractivity contribution in [3.8, 4) is 0 Å². The minimum Gasteiger partial charge on any atom is -0.370 e. The molecular weight excluding hydrogens is 479 g/mol. The van der Waals surface area contributed by atoms with Crippen molar-refractivity contribution in [2.24, 2.45) is 4.99 Å². The van der Waals surface area contributed by atoms with E-state index in [4.69, 9.17) is 4.74 Å². The lowest BCUT2D eigenvalue weighted by Gasteiger charge is -2.35. The van der Waals surface area contributed by atoms with Crippen molar-refractivity contribution in [1.29, 1.82) is 0 Å². The summed E-state index contributed by atoms with van der Waals surface area (Å²) in [5.41, 5.74) is 4.15. The minimum atomic E-state index is -0.0829. The van der Waals surface area contributed by atoms with Crippen molar-refractivity contribution >= 4 is 35.8 Å². The zero-order valence-corrected chi connectivity index (χ0v) is 19.5. The Morgan fingerprint density at radius 3 is 2.76 bits per heavy atom. The Kier molecular flexibility index (Phi) is 8.91. The largest absolute Gasteiger partial charge is 0.370 e. The molecule has 0 bridgehead atoms. The minimum absolute atomic E-state index is 0. The Bertz CT molecular complexity index is 856. The monoisotopic (exact) mass is 508 g/mol. The molecule has 0 aromatic heterocycles. The lowest BCUT2D eigenvalue weighted by Crippen LogP contribution is -2.48. The average Bonchev–Trinajstić information content (AvgIpc) is 2.74. The van der Waals surface area contributed by atoms with Gasteiger partial charge in [0.05, 0.1) is 13.2 Å². The summed E-state index contributed by atoms with van der Waals surface area (Å²) in [4.78, 5) is 18.5. The van der Waals surface area contributed by atoms with Gasteiger partial charge in [-0.2, -0.15) is 0 Å². The lowest BCUT2D eigenvalue weighted by molar-refractivity contribution is -0.00834. The molecule has 1 unspecified atom stereocenters. The number of nitrogens with one attached hydrogen (secondary N) is 2. The van der Waals surface area contributed by atoms with Crippen LogP contribution in [0, 0.1) is 6.92 Å². The van der Waals surface area contributed by atoms with E-state index in [1.807, 2.05) is 30.3 Å². The maximum absolute atomic E-state index is 11.8. The first-order chi connectivity index (χ1) is 13.6. The standard InChI is InChI=1S/C22H28N4O2.HI/c1-16-7-4-5-10-19(16)20-15-26(11-12-28-20)22(24-3)25-14-17-8-6-9-18(13-17)21(27)23-2;/h4-10,13,20H,11-12,14-15H2,1-3H3,(H,23,27)(H,24,25);1H. The zero-order chi connectivity index (χ0) is 19.9. The van der Waals surface area contributed by atoms with E-state index in [1.54, 1.807) is 14.1 Å². The normalized spacial score (nSPS) is 16.7. The Morgan fingerprint density at radius 1 is 1.24 bits per heavy atom. The van der Waals surface area contributed by atoms with Gasteiger partial charge in [0, 0.05) is 32.7 Å². The van der Waals surface area contributed by atoms with Crippen LogP contribution in [0.5, 0.6) is 0 Å². The molecule has 0 spiro atoms. The number of amides is 1. The second-order valence-electron chi connectivity index (χ2n) is 6.84. The molecule has 0 saturated carbocycles. The van der Waals surface area contributed by atoms with Gasteiger partial charge in [-0.05, 0) is 35.7 Å². The molecule has 1 aliphatic heterocycles. The first-order valence-electron chi connectivity index (χ1n) is 9.56. The summed E-state index contributed by atoms with van der Waals surface area (Å²) in [6, 6.07) is 16.0. The number of hydrogen-bond donors (Lipinski definition) is 2. The molecule has 6 nitrogen and oxygen atoms in total. The maximum Gasteiger partial charge on any atom is 0.251 e. The number of carbonyl (C=O) groups is 1. The van der Waals surface area contributed by atoms with E-state index < -0.39 is 0 Å². The summed E-state index contributed by atoms with van der Waals surface area (Å²) in [6.45, 7) is 4.92. The predicted octanol–water partition coefficient (Wildman–Crippen LogP) is 3.12. The SMILES string of the molecule is CN=C(NCc1cccc(C(=O)NC)c1)N1CCOC(c2ccccc2C)C1.I. The van der Waals surface area contributed by atoms with Crippen LogP contribution in [0.1, 0.15) is 33.2 Å². The molecule has 1 fully saturated rings.